The van der Waals surface area contributed by atoms with Crippen LogP contribution in [-0.4, -0.2) is 19.3 Å². The fourth-order valence-corrected chi connectivity index (χ4v) is 4.85. The number of aryl methyl sites for hydroxylation is 1. The lowest BCUT2D eigenvalue weighted by Gasteiger charge is -2.10. The van der Waals surface area contributed by atoms with E-state index < -0.39 is 26.6 Å². The summed E-state index contributed by atoms with van der Waals surface area (Å²) in [6.07, 6.45) is 0.168. The molecule has 0 aliphatic carbocycles. The van der Waals surface area contributed by atoms with E-state index >= 15 is 0 Å². The van der Waals surface area contributed by atoms with Crippen LogP contribution < -0.4 is 10.0 Å². The van der Waals surface area contributed by atoms with Crippen LogP contribution in [0.2, 0.25) is 0 Å². The van der Waals surface area contributed by atoms with Crippen LogP contribution in [0.15, 0.2) is 77.0 Å². The van der Waals surface area contributed by atoms with Crippen LogP contribution in [0.3, 0.4) is 0 Å². The van der Waals surface area contributed by atoms with Crippen LogP contribution >= 0.6 is 11.3 Å². The summed E-state index contributed by atoms with van der Waals surface area (Å²) in [5, 5.41) is 5.73. The number of benzene rings is 3. The van der Waals surface area contributed by atoms with Crippen LogP contribution in [0, 0.1) is 18.6 Å². The summed E-state index contributed by atoms with van der Waals surface area (Å²) in [4.78, 5) is 16.4. The maximum absolute atomic E-state index is 13.4. The Balaban J connectivity index is 1.35. The third kappa shape index (κ3) is 5.64. The minimum absolute atomic E-state index is 0.168. The monoisotopic (exact) mass is 499 g/mol. The van der Waals surface area contributed by atoms with E-state index in [1.165, 1.54) is 24.3 Å². The average molecular weight is 500 g/mol. The molecule has 174 valence electrons. The van der Waals surface area contributed by atoms with Gasteiger partial charge in [0.25, 0.3) is 10.0 Å². The molecule has 6 nitrogen and oxygen atoms in total. The number of carbonyl (C=O) groups is 1. The van der Waals surface area contributed by atoms with Crippen molar-refractivity contribution >= 4 is 38.6 Å². The van der Waals surface area contributed by atoms with E-state index in [0.717, 1.165) is 34.0 Å². The predicted molar refractivity (Wildman–Crippen MR) is 128 cm³/mol. The zero-order valence-electron chi connectivity index (χ0n) is 17.9. The molecule has 0 fully saturated rings. The quantitative estimate of drug-likeness (QED) is 0.357. The second-order valence-corrected chi connectivity index (χ2v) is 10.2. The van der Waals surface area contributed by atoms with E-state index in [-0.39, 0.29) is 18.0 Å². The van der Waals surface area contributed by atoms with Gasteiger partial charge in [-0.1, -0.05) is 24.3 Å². The lowest BCUT2D eigenvalue weighted by atomic mass is 10.1. The van der Waals surface area contributed by atoms with Crippen molar-refractivity contribution in [3.8, 4) is 11.3 Å². The number of anilines is 2. The van der Waals surface area contributed by atoms with E-state index in [0.29, 0.717) is 11.8 Å². The molecule has 10 heteroatoms. The Morgan fingerprint density at radius 1 is 0.941 bits per heavy atom. The van der Waals surface area contributed by atoms with Gasteiger partial charge < -0.3 is 5.32 Å². The molecule has 4 rings (SSSR count). The van der Waals surface area contributed by atoms with Gasteiger partial charge in [-0.2, -0.15) is 0 Å². The smallest absolute Gasteiger partial charge is 0.261 e. The maximum atomic E-state index is 13.4. The topological polar surface area (TPSA) is 88.2 Å². The molecule has 0 atom stereocenters. The molecular weight excluding hydrogens is 480 g/mol. The van der Waals surface area contributed by atoms with Crippen LogP contribution in [0.4, 0.5) is 20.2 Å². The van der Waals surface area contributed by atoms with Gasteiger partial charge in [-0.25, -0.2) is 22.2 Å². The van der Waals surface area contributed by atoms with E-state index in [2.05, 4.69) is 15.0 Å². The zero-order valence-corrected chi connectivity index (χ0v) is 19.5. The number of thiazole rings is 1. The third-order valence-electron chi connectivity index (χ3n) is 4.86. The minimum Gasteiger partial charge on any atom is -0.326 e. The number of nitrogens with zero attached hydrogens (tertiary/aromatic N) is 1. The summed E-state index contributed by atoms with van der Waals surface area (Å²) in [7, 11) is -4.10. The number of halogens is 2. The molecule has 1 heterocycles. The number of hydrogen-bond donors (Lipinski definition) is 2. The second-order valence-electron chi connectivity index (χ2n) is 7.43. The number of hydrogen-bond acceptors (Lipinski definition) is 5. The van der Waals surface area contributed by atoms with Crippen molar-refractivity contribution in [1.29, 1.82) is 0 Å². The fraction of sp³-hybridized carbons (Fsp3) is 0.0833. The first-order chi connectivity index (χ1) is 16.2. The van der Waals surface area contributed by atoms with Crippen LogP contribution in [-0.2, 0) is 21.2 Å². The summed E-state index contributed by atoms with van der Waals surface area (Å²) in [6.45, 7) is 1.95. The first-order valence-corrected chi connectivity index (χ1v) is 12.5. The molecule has 0 bridgehead atoms. The van der Waals surface area contributed by atoms with Gasteiger partial charge in [0.1, 0.15) is 0 Å². The molecule has 1 aromatic heterocycles. The summed E-state index contributed by atoms with van der Waals surface area (Å²) in [5.74, 6) is -2.62. The van der Waals surface area contributed by atoms with Gasteiger partial charge in [0.15, 0.2) is 11.6 Å². The third-order valence-corrected chi connectivity index (χ3v) is 7.01. The number of aromatic nitrogens is 1. The molecule has 0 unspecified atom stereocenters. The first kappa shape index (κ1) is 23.5. The summed E-state index contributed by atoms with van der Waals surface area (Å²) in [6, 6.07) is 15.9. The van der Waals surface area contributed by atoms with Crippen LogP contribution in [0.5, 0.6) is 0 Å². The Morgan fingerprint density at radius 3 is 2.24 bits per heavy atom. The number of amides is 1. The Bertz CT molecular complexity index is 1440. The molecule has 0 spiro atoms. The zero-order chi connectivity index (χ0) is 24.3. The van der Waals surface area contributed by atoms with E-state index in [4.69, 9.17) is 0 Å². The van der Waals surface area contributed by atoms with Crippen molar-refractivity contribution in [2.24, 2.45) is 0 Å². The van der Waals surface area contributed by atoms with Crippen molar-refractivity contribution in [3.63, 3.8) is 0 Å². The Labute approximate surface area is 199 Å². The largest absolute Gasteiger partial charge is 0.326 e. The average Bonchev–Trinajstić information content (AvgIpc) is 3.23. The SMILES string of the molecule is Cc1nc(-c2ccc(CC(=O)Nc3ccc(NS(=O)(=O)c4ccc(F)c(F)c4)cc3)cc2)cs1. The van der Waals surface area contributed by atoms with E-state index in [1.807, 2.05) is 36.6 Å². The van der Waals surface area contributed by atoms with Gasteiger partial charge in [0.2, 0.25) is 5.91 Å². The van der Waals surface area contributed by atoms with E-state index in [1.54, 1.807) is 11.3 Å². The van der Waals surface area contributed by atoms with Gasteiger partial charge in [-0.15, -0.1) is 11.3 Å². The van der Waals surface area contributed by atoms with Gasteiger partial charge in [-0.05, 0) is 55.0 Å². The highest BCUT2D eigenvalue weighted by Gasteiger charge is 2.17. The number of nitrogens with one attached hydrogen (secondary N) is 2. The van der Waals surface area contributed by atoms with Gasteiger partial charge in [0, 0.05) is 22.3 Å². The molecule has 4 aromatic rings. The van der Waals surface area contributed by atoms with Crippen molar-refractivity contribution in [1.82, 2.24) is 4.98 Å². The van der Waals surface area contributed by atoms with Gasteiger partial charge in [0.05, 0.1) is 22.0 Å². The van der Waals surface area contributed by atoms with Crippen LogP contribution in [0.1, 0.15) is 10.6 Å². The summed E-state index contributed by atoms with van der Waals surface area (Å²) < 4.78 is 53.5. The molecule has 0 radical (unpaired) electrons. The fourth-order valence-electron chi connectivity index (χ4n) is 3.16. The minimum atomic E-state index is -4.10. The normalized spacial score (nSPS) is 11.3. The molecular formula is C24H19F2N3O3S2. The molecule has 0 saturated carbocycles. The molecule has 0 saturated heterocycles. The molecule has 0 aliphatic heterocycles. The number of carbonyl (C=O) groups excluding carboxylic acids is 1. The summed E-state index contributed by atoms with van der Waals surface area (Å²) in [5.41, 5.74) is 3.41. The lowest BCUT2D eigenvalue weighted by molar-refractivity contribution is -0.115. The Kier molecular flexibility index (Phi) is 6.71. The van der Waals surface area contributed by atoms with Crippen molar-refractivity contribution in [2.45, 2.75) is 18.2 Å². The highest BCUT2D eigenvalue weighted by molar-refractivity contribution is 7.92. The standard InChI is InChI=1S/C24H19F2N3O3S2/c1-15-27-23(14-33-15)17-4-2-16(3-5-17)12-24(30)28-18-6-8-19(9-7-18)29-34(31,32)20-10-11-21(25)22(26)13-20/h2-11,13-14,29H,12H2,1H3,(H,28,30). The molecule has 34 heavy (non-hydrogen) atoms. The first-order valence-electron chi connectivity index (χ1n) is 10.1. The molecule has 2 N–H and O–H groups in total. The van der Waals surface area contributed by atoms with Crippen molar-refractivity contribution in [2.75, 3.05) is 10.0 Å². The Morgan fingerprint density at radius 2 is 1.62 bits per heavy atom. The number of rotatable bonds is 7. The summed E-state index contributed by atoms with van der Waals surface area (Å²) >= 11 is 1.58. The maximum Gasteiger partial charge on any atom is 0.261 e. The number of sulfonamides is 1. The highest BCUT2D eigenvalue weighted by Crippen LogP contribution is 2.23. The second kappa shape index (κ2) is 9.70. The highest BCUT2D eigenvalue weighted by atomic mass is 32.2. The van der Waals surface area contributed by atoms with Crippen molar-refractivity contribution < 1.29 is 22.0 Å². The predicted octanol–water partition coefficient (Wildman–Crippen LogP) is 5.38. The van der Waals surface area contributed by atoms with Gasteiger partial charge >= 0.3 is 0 Å². The van der Waals surface area contributed by atoms with Gasteiger partial charge in [-0.3, -0.25) is 9.52 Å². The van der Waals surface area contributed by atoms with Crippen molar-refractivity contribution in [3.05, 3.63) is 94.3 Å². The van der Waals surface area contributed by atoms with E-state index in [9.17, 15) is 22.0 Å². The van der Waals surface area contributed by atoms with Crippen LogP contribution in [0.25, 0.3) is 11.3 Å². The molecule has 3 aromatic carbocycles. The molecule has 0 aliphatic rings. The molecule has 1 amide bonds. The Hall–Kier alpha value is -3.63. The lowest BCUT2D eigenvalue weighted by Crippen LogP contribution is -2.15.